The van der Waals surface area contributed by atoms with Crippen molar-refractivity contribution >= 4 is 11.3 Å². The highest BCUT2D eigenvalue weighted by Crippen LogP contribution is 2.24. The van der Waals surface area contributed by atoms with Gasteiger partial charge in [-0.2, -0.15) is 0 Å². The van der Waals surface area contributed by atoms with Crippen LogP contribution in [0.2, 0.25) is 0 Å². The zero-order chi connectivity index (χ0) is 13.9. The van der Waals surface area contributed by atoms with Crippen LogP contribution in [0.15, 0.2) is 24.4 Å². The Morgan fingerprint density at radius 3 is 3.00 bits per heavy atom. The molecule has 0 bridgehead atoms. The minimum Gasteiger partial charge on any atom is -0.488 e. The summed E-state index contributed by atoms with van der Waals surface area (Å²) < 4.78 is 19.2. The molecule has 2 aromatic rings. The number of nitrogens with zero attached hydrogens (tertiary/aromatic N) is 1. The van der Waals surface area contributed by atoms with Crippen LogP contribution in [0.1, 0.15) is 28.3 Å². The summed E-state index contributed by atoms with van der Waals surface area (Å²) in [7, 11) is 0. The second-order valence-corrected chi connectivity index (χ2v) is 6.36. The van der Waals surface area contributed by atoms with Gasteiger partial charge in [-0.15, -0.1) is 11.3 Å². The van der Waals surface area contributed by atoms with E-state index in [1.54, 1.807) is 23.5 Å². The monoisotopic (exact) mass is 292 g/mol. The van der Waals surface area contributed by atoms with Crippen molar-refractivity contribution in [3.8, 4) is 5.75 Å². The van der Waals surface area contributed by atoms with Gasteiger partial charge in [0.05, 0.1) is 9.88 Å². The van der Waals surface area contributed by atoms with Crippen LogP contribution in [-0.4, -0.2) is 11.0 Å². The summed E-state index contributed by atoms with van der Waals surface area (Å²) in [5, 5.41) is 4.41. The molecule has 0 spiro atoms. The topological polar surface area (TPSA) is 34.1 Å². The minimum absolute atomic E-state index is 0.224. The molecule has 0 unspecified atom stereocenters. The molecular weight excluding hydrogens is 275 g/mol. The molecule has 3 nitrogen and oxygen atoms in total. The summed E-state index contributed by atoms with van der Waals surface area (Å²) in [6.45, 7) is 3.10. The lowest BCUT2D eigenvalue weighted by atomic mass is 10.2. The summed E-state index contributed by atoms with van der Waals surface area (Å²) in [6, 6.07) is 5.28. The number of hydrogen-bond donors (Lipinski definition) is 1. The van der Waals surface area contributed by atoms with Gasteiger partial charge < -0.3 is 10.1 Å². The molecule has 0 aliphatic heterocycles. The molecule has 0 amide bonds. The van der Waals surface area contributed by atoms with Gasteiger partial charge >= 0.3 is 0 Å². The van der Waals surface area contributed by atoms with Crippen LogP contribution in [0.5, 0.6) is 5.75 Å². The fourth-order valence-corrected chi connectivity index (χ4v) is 2.70. The maximum absolute atomic E-state index is 13.4. The quantitative estimate of drug-likeness (QED) is 0.886. The molecule has 1 aliphatic carbocycles. The molecule has 1 N–H and O–H groups in total. The number of aromatic nitrogens is 1. The number of halogens is 1. The van der Waals surface area contributed by atoms with Crippen molar-refractivity contribution in [3.05, 3.63) is 45.7 Å². The second kappa shape index (κ2) is 5.89. The van der Waals surface area contributed by atoms with Crippen LogP contribution in [-0.2, 0) is 13.2 Å². The Labute approximate surface area is 121 Å². The predicted molar refractivity (Wildman–Crippen MR) is 77.4 cm³/mol. The van der Waals surface area contributed by atoms with Crippen LogP contribution in [0.4, 0.5) is 4.39 Å². The Balaban J connectivity index is 1.66. The number of hydrogen-bond acceptors (Lipinski definition) is 4. The summed E-state index contributed by atoms with van der Waals surface area (Å²) in [4.78, 5) is 5.28. The fraction of sp³-hybridized carbons (Fsp3) is 0.400. The molecule has 1 aliphatic rings. The second-order valence-electron chi connectivity index (χ2n) is 5.04. The summed E-state index contributed by atoms with van der Waals surface area (Å²) >= 11 is 1.62. The molecule has 3 rings (SSSR count). The SMILES string of the molecule is Cc1ncc(COc2ccc(F)cc2CNC2CC2)s1. The van der Waals surface area contributed by atoms with Crippen molar-refractivity contribution < 1.29 is 9.13 Å². The smallest absolute Gasteiger partial charge is 0.124 e. The Bertz CT molecular complexity index is 595. The Morgan fingerprint density at radius 1 is 1.45 bits per heavy atom. The predicted octanol–water partition coefficient (Wildman–Crippen LogP) is 3.42. The van der Waals surface area contributed by atoms with Gasteiger partial charge in [0, 0.05) is 24.3 Å². The maximum Gasteiger partial charge on any atom is 0.124 e. The molecule has 106 valence electrons. The molecule has 20 heavy (non-hydrogen) atoms. The Morgan fingerprint density at radius 2 is 2.30 bits per heavy atom. The van der Waals surface area contributed by atoms with Gasteiger partial charge in [0.15, 0.2) is 0 Å². The Hall–Kier alpha value is -1.46. The van der Waals surface area contributed by atoms with Crippen molar-refractivity contribution in [3.63, 3.8) is 0 Å². The first kappa shape index (κ1) is 13.5. The highest BCUT2D eigenvalue weighted by atomic mass is 32.1. The normalized spacial score (nSPS) is 14.5. The molecule has 1 saturated carbocycles. The highest BCUT2D eigenvalue weighted by molar-refractivity contribution is 7.11. The van der Waals surface area contributed by atoms with Crippen molar-refractivity contribution in [2.24, 2.45) is 0 Å². The number of ether oxygens (including phenoxy) is 1. The first-order chi connectivity index (χ1) is 9.70. The van der Waals surface area contributed by atoms with Crippen LogP contribution >= 0.6 is 11.3 Å². The average Bonchev–Trinajstić information content (AvgIpc) is 3.17. The summed E-state index contributed by atoms with van der Waals surface area (Å²) in [5.74, 6) is 0.518. The summed E-state index contributed by atoms with van der Waals surface area (Å²) in [6.07, 6.45) is 4.25. The van der Waals surface area contributed by atoms with E-state index in [1.807, 2.05) is 13.1 Å². The fourth-order valence-electron chi connectivity index (χ4n) is 1.99. The van der Waals surface area contributed by atoms with Crippen molar-refractivity contribution in [2.45, 2.75) is 39.0 Å². The lowest BCUT2D eigenvalue weighted by Crippen LogP contribution is -2.16. The van der Waals surface area contributed by atoms with Gasteiger partial charge in [0.1, 0.15) is 18.2 Å². The van der Waals surface area contributed by atoms with E-state index in [0.29, 0.717) is 19.2 Å². The molecule has 0 saturated heterocycles. The van der Waals surface area contributed by atoms with E-state index < -0.39 is 0 Å². The summed E-state index contributed by atoms with van der Waals surface area (Å²) in [5.41, 5.74) is 0.873. The largest absolute Gasteiger partial charge is 0.488 e. The van der Waals surface area contributed by atoms with Crippen LogP contribution in [0.3, 0.4) is 0 Å². The first-order valence-corrected chi connectivity index (χ1v) is 7.58. The third-order valence-corrected chi connectivity index (χ3v) is 4.11. The molecular formula is C15H17FN2OS. The maximum atomic E-state index is 13.4. The number of benzene rings is 1. The van der Waals surface area contributed by atoms with Gasteiger partial charge in [0.25, 0.3) is 0 Å². The molecule has 0 atom stereocenters. The zero-order valence-corrected chi connectivity index (χ0v) is 12.2. The van der Waals surface area contributed by atoms with E-state index >= 15 is 0 Å². The van der Waals surface area contributed by atoms with Crippen molar-refractivity contribution in [1.82, 2.24) is 10.3 Å². The van der Waals surface area contributed by atoms with E-state index in [4.69, 9.17) is 4.74 Å². The van der Waals surface area contributed by atoms with E-state index in [-0.39, 0.29) is 5.82 Å². The molecule has 1 heterocycles. The molecule has 1 aromatic carbocycles. The van der Waals surface area contributed by atoms with Crippen LogP contribution in [0, 0.1) is 12.7 Å². The Kier molecular flexibility index (Phi) is 3.98. The lowest BCUT2D eigenvalue weighted by molar-refractivity contribution is 0.304. The third-order valence-electron chi connectivity index (χ3n) is 3.22. The van der Waals surface area contributed by atoms with Gasteiger partial charge in [-0.1, -0.05) is 0 Å². The van der Waals surface area contributed by atoms with Gasteiger partial charge in [-0.3, -0.25) is 0 Å². The van der Waals surface area contributed by atoms with Crippen LogP contribution < -0.4 is 10.1 Å². The number of nitrogens with one attached hydrogen (secondary N) is 1. The molecule has 1 fully saturated rings. The van der Waals surface area contributed by atoms with E-state index in [9.17, 15) is 4.39 Å². The van der Waals surface area contributed by atoms with E-state index in [0.717, 1.165) is 21.2 Å². The standard InChI is InChI=1S/C15H17FN2OS/c1-10-17-8-14(20-10)9-19-15-5-2-12(16)6-11(15)7-18-13-3-4-13/h2,5-6,8,13,18H,3-4,7,9H2,1H3. The average molecular weight is 292 g/mol. The minimum atomic E-state index is -0.224. The molecule has 5 heteroatoms. The van der Waals surface area contributed by atoms with Gasteiger partial charge in [-0.25, -0.2) is 9.37 Å². The van der Waals surface area contributed by atoms with Crippen LogP contribution in [0.25, 0.3) is 0 Å². The zero-order valence-electron chi connectivity index (χ0n) is 11.4. The van der Waals surface area contributed by atoms with Gasteiger partial charge in [-0.05, 0) is 38.0 Å². The van der Waals surface area contributed by atoms with E-state index in [1.165, 1.54) is 18.9 Å². The van der Waals surface area contributed by atoms with E-state index in [2.05, 4.69) is 10.3 Å². The van der Waals surface area contributed by atoms with Gasteiger partial charge in [0.2, 0.25) is 0 Å². The van der Waals surface area contributed by atoms with Crippen molar-refractivity contribution in [1.29, 1.82) is 0 Å². The number of aryl methyl sites for hydroxylation is 1. The first-order valence-electron chi connectivity index (χ1n) is 6.76. The lowest BCUT2D eigenvalue weighted by Gasteiger charge is -2.11. The number of rotatable bonds is 6. The molecule has 1 aromatic heterocycles. The number of thiazole rings is 1. The van der Waals surface area contributed by atoms with Crippen molar-refractivity contribution in [2.75, 3.05) is 0 Å². The third kappa shape index (κ3) is 3.55. The highest BCUT2D eigenvalue weighted by Gasteiger charge is 2.20. The molecule has 0 radical (unpaired) electrons.